The Morgan fingerprint density at radius 1 is 1.44 bits per heavy atom. The zero-order valence-corrected chi connectivity index (χ0v) is 10.7. The van der Waals surface area contributed by atoms with Gasteiger partial charge in [0.1, 0.15) is 0 Å². The van der Waals surface area contributed by atoms with E-state index < -0.39 is 0 Å². The minimum atomic E-state index is -0.387. The number of esters is 1. The van der Waals surface area contributed by atoms with E-state index in [-0.39, 0.29) is 17.5 Å². The second kappa shape index (κ2) is 7.66. The number of carbonyl (C=O) groups is 1. The number of methoxy groups -OCH3 is 1. The van der Waals surface area contributed by atoms with Crippen molar-refractivity contribution in [3.05, 3.63) is 29.6 Å². The van der Waals surface area contributed by atoms with Crippen molar-refractivity contribution in [1.82, 2.24) is 5.32 Å². The molecule has 0 heterocycles. The van der Waals surface area contributed by atoms with Crippen molar-refractivity contribution in [2.45, 2.75) is 19.9 Å². The van der Waals surface area contributed by atoms with Crippen molar-refractivity contribution in [1.29, 1.82) is 0 Å². The molecule has 1 aromatic rings. The van der Waals surface area contributed by atoms with Crippen LogP contribution in [0.4, 0.5) is 4.39 Å². The van der Waals surface area contributed by atoms with Crippen molar-refractivity contribution < 1.29 is 18.7 Å². The van der Waals surface area contributed by atoms with Crippen LogP contribution in [0.25, 0.3) is 0 Å². The number of halogens is 1. The molecular weight excluding hydrogens is 237 g/mol. The van der Waals surface area contributed by atoms with Gasteiger partial charge >= 0.3 is 5.97 Å². The van der Waals surface area contributed by atoms with Gasteiger partial charge in [0.05, 0.1) is 20.1 Å². The lowest BCUT2D eigenvalue weighted by Gasteiger charge is -2.07. The number of carbonyl (C=O) groups excluding carboxylic acids is 1. The number of rotatable bonds is 7. The largest absolute Gasteiger partial charge is 0.494 e. The minimum Gasteiger partial charge on any atom is -0.494 e. The van der Waals surface area contributed by atoms with E-state index in [1.165, 1.54) is 13.2 Å². The quantitative estimate of drug-likeness (QED) is 0.597. The van der Waals surface area contributed by atoms with Gasteiger partial charge < -0.3 is 14.8 Å². The van der Waals surface area contributed by atoms with Crippen molar-refractivity contribution >= 4 is 5.97 Å². The highest BCUT2D eigenvalue weighted by Gasteiger charge is 2.04. The average molecular weight is 255 g/mol. The first-order chi connectivity index (χ1) is 8.67. The molecule has 1 rings (SSSR count). The molecule has 5 heteroatoms. The maximum Gasteiger partial charge on any atom is 0.307 e. The molecule has 0 atom stereocenters. The van der Waals surface area contributed by atoms with Crippen molar-refractivity contribution in [2.75, 3.05) is 20.3 Å². The summed E-state index contributed by atoms with van der Waals surface area (Å²) in [5, 5.41) is 3.05. The van der Waals surface area contributed by atoms with Gasteiger partial charge in [-0.3, -0.25) is 4.79 Å². The predicted octanol–water partition coefficient (Wildman–Crippen LogP) is 1.88. The molecule has 1 aromatic carbocycles. The van der Waals surface area contributed by atoms with Crippen LogP contribution in [0.1, 0.15) is 18.9 Å². The lowest BCUT2D eigenvalue weighted by molar-refractivity contribution is -0.142. The standard InChI is InChI=1S/C13H18FNO3/c1-3-18-13(16)6-7-15-9-10-4-5-12(17-2)11(14)8-10/h4-5,8,15H,3,6-7,9H2,1-2H3. The lowest BCUT2D eigenvalue weighted by Crippen LogP contribution is -2.19. The molecule has 0 aliphatic heterocycles. The molecular formula is C13H18FNO3. The summed E-state index contributed by atoms with van der Waals surface area (Å²) in [7, 11) is 1.43. The fraction of sp³-hybridized carbons (Fsp3) is 0.462. The molecule has 4 nitrogen and oxygen atoms in total. The van der Waals surface area contributed by atoms with Crippen LogP contribution < -0.4 is 10.1 Å². The van der Waals surface area contributed by atoms with Gasteiger partial charge in [0.25, 0.3) is 0 Å². The third kappa shape index (κ3) is 4.71. The van der Waals surface area contributed by atoms with E-state index in [4.69, 9.17) is 9.47 Å². The monoisotopic (exact) mass is 255 g/mol. The molecule has 18 heavy (non-hydrogen) atoms. The van der Waals surface area contributed by atoms with Gasteiger partial charge in [-0.05, 0) is 24.6 Å². The second-order valence-electron chi connectivity index (χ2n) is 3.70. The highest BCUT2D eigenvalue weighted by molar-refractivity contribution is 5.69. The molecule has 0 saturated heterocycles. The van der Waals surface area contributed by atoms with Gasteiger partial charge in [-0.15, -0.1) is 0 Å². The second-order valence-corrected chi connectivity index (χ2v) is 3.70. The van der Waals surface area contributed by atoms with Crippen LogP contribution in [0.5, 0.6) is 5.75 Å². The summed E-state index contributed by atoms with van der Waals surface area (Å²) in [4.78, 5) is 11.1. The summed E-state index contributed by atoms with van der Waals surface area (Å²) in [6, 6.07) is 4.77. The molecule has 0 spiro atoms. The number of ether oxygens (including phenoxy) is 2. The van der Waals surface area contributed by atoms with Crippen LogP contribution in [-0.4, -0.2) is 26.2 Å². The van der Waals surface area contributed by atoms with Crippen LogP contribution in [0.3, 0.4) is 0 Å². The maximum atomic E-state index is 13.4. The first-order valence-electron chi connectivity index (χ1n) is 5.86. The summed E-state index contributed by atoms with van der Waals surface area (Å²) < 4.78 is 23.0. The topological polar surface area (TPSA) is 47.6 Å². The van der Waals surface area contributed by atoms with E-state index in [2.05, 4.69) is 5.32 Å². The van der Waals surface area contributed by atoms with Crippen molar-refractivity contribution in [2.24, 2.45) is 0 Å². The van der Waals surface area contributed by atoms with Gasteiger partial charge in [-0.25, -0.2) is 4.39 Å². The SMILES string of the molecule is CCOC(=O)CCNCc1ccc(OC)c(F)c1. The number of hydrogen-bond acceptors (Lipinski definition) is 4. The maximum absolute atomic E-state index is 13.4. The summed E-state index contributed by atoms with van der Waals surface area (Å²) >= 11 is 0. The number of benzene rings is 1. The van der Waals surface area contributed by atoms with Crippen LogP contribution >= 0.6 is 0 Å². The number of hydrogen-bond donors (Lipinski definition) is 1. The Hall–Kier alpha value is -1.62. The normalized spacial score (nSPS) is 10.2. The molecule has 0 aromatic heterocycles. The Bertz CT molecular complexity index is 396. The molecule has 0 bridgehead atoms. The van der Waals surface area contributed by atoms with Gasteiger partial charge in [0.2, 0.25) is 0 Å². The van der Waals surface area contributed by atoms with Crippen LogP contribution in [0.15, 0.2) is 18.2 Å². The fourth-order valence-electron chi connectivity index (χ4n) is 1.48. The van der Waals surface area contributed by atoms with E-state index in [1.807, 2.05) is 0 Å². The highest BCUT2D eigenvalue weighted by Crippen LogP contribution is 2.17. The lowest BCUT2D eigenvalue weighted by atomic mass is 10.2. The summed E-state index contributed by atoms with van der Waals surface area (Å²) in [5.41, 5.74) is 0.803. The Morgan fingerprint density at radius 3 is 2.83 bits per heavy atom. The predicted molar refractivity (Wildman–Crippen MR) is 65.9 cm³/mol. The smallest absolute Gasteiger partial charge is 0.307 e. The van der Waals surface area contributed by atoms with Gasteiger partial charge in [-0.1, -0.05) is 6.07 Å². The summed E-state index contributed by atoms with van der Waals surface area (Å²) in [6.45, 7) is 3.17. The molecule has 0 radical (unpaired) electrons. The van der Waals surface area contributed by atoms with Crippen LogP contribution in [0.2, 0.25) is 0 Å². The summed E-state index contributed by atoms with van der Waals surface area (Å²) in [6.07, 6.45) is 0.312. The first kappa shape index (κ1) is 14.4. The third-order valence-corrected chi connectivity index (χ3v) is 2.36. The van der Waals surface area contributed by atoms with E-state index in [0.717, 1.165) is 5.56 Å². The molecule has 0 aliphatic rings. The van der Waals surface area contributed by atoms with E-state index >= 15 is 0 Å². The molecule has 100 valence electrons. The van der Waals surface area contributed by atoms with Crippen LogP contribution in [0, 0.1) is 5.82 Å². The molecule has 0 aliphatic carbocycles. The third-order valence-electron chi connectivity index (χ3n) is 2.36. The zero-order valence-electron chi connectivity index (χ0n) is 10.7. The minimum absolute atomic E-state index is 0.227. The van der Waals surface area contributed by atoms with E-state index in [9.17, 15) is 9.18 Å². The van der Waals surface area contributed by atoms with Gasteiger partial charge in [-0.2, -0.15) is 0 Å². The molecule has 0 amide bonds. The first-order valence-corrected chi connectivity index (χ1v) is 5.86. The fourth-order valence-corrected chi connectivity index (χ4v) is 1.48. The van der Waals surface area contributed by atoms with E-state index in [0.29, 0.717) is 26.1 Å². The molecule has 0 fully saturated rings. The zero-order chi connectivity index (χ0) is 13.4. The Balaban J connectivity index is 2.31. The van der Waals surface area contributed by atoms with Crippen molar-refractivity contribution in [3.8, 4) is 5.75 Å². The molecule has 0 unspecified atom stereocenters. The highest BCUT2D eigenvalue weighted by atomic mass is 19.1. The van der Waals surface area contributed by atoms with Gasteiger partial charge in [0, 0.05) is 13.1 Å². The Kier molecular flexibility index (Phi) is 6.14. The molecule has 0 saturated carbocycles. The van der Waals surface area contributed by atoms with Gasteiger partial charge in [0.15, 0.2) is 11.6 Å². The Morgan fingerprint density at radius 2 is 2.22 bits per heavy atom. The van der Waals surface area contributed by atoms with Crippen LogP contribution in [-0.2, 0) is 16.1 Å². The number of nitrogens with one attached hydrogen (secondary N) is 1. The Labute approximate surface area is 106 Å². The van der Waals surface area contributed by atoms with E-state index in [1.54, 1.807) is 19.1 Å². The van der Waals surface area contributed by atoms with Crippen molar-refractivity contribution in [3.63, 3.8) is 0 Å². The summed E-state index contributed by atoms with van der Waals surface area (Å²) in [5.74, 6) is -0.390. The average Bonchev–Trinajstić information content (AvgIpc) is 2.35. The molecule has 1 N–H and O–H groups in total.